The van der Waals surface area contributed by atoms with Gasteiger partial charge in [-0.2, -0.15) is 18.3 Å². The van der Waals surface area contributed by atoms with E-state index < -0.39 is 17.6 Å². The van der Waals surface area contributed by atoms with Crippen LogP contribution in [0.3, 0.4) is 0 Å². The third kappa shape index (κ3) is 5.17. The largest absolute Gasteiger partial charge is 0.493 e. The van der Waals surface area contributed by atoms with Gasteiger partial charge in [-0.25, -0.2) is 9.67 Å². The summed E-state index contributed by atoms with van der Waals surface area (Å²) in [5.41, 5.74) is 0.249. The molecule has 11 heteroatoms. The number of nitrogens with zero attached hydrogens (tertiary/aromatic N) is 3. The van der Waals surface area contributed by atoms with Gasteiger partial charge in [0.2, 0.25) is 0 Å². The van der Waals surface area contributed by atoms with Gasteiger partial charge in [0.25, 0.3) is 5.91 Å². The Morgan fingerprint density at radius 2 is 1.88 bits per heavy atom. The Bertz CT molecular complexity index is 1080. The molecular formula is C21H21F3N4O4. The van der Waals surface area contributed by atoms with Gasteiger partial charge in [0.05, 0.1) is 36.7 Å². The summed E-state index contributed by atoms with van der Waals surface area (Å²) in [5.74, 6) is 0.640. The summed E-state index contributed by atoms with van der Waals surface area (Å²) < 4.78 is 55.3. The zero-order valence-electron chi connectivity index (χ0n) is 17.6. The molecule has 1 amide bonds. The fourth-order valence-corrected chi connectivity index (χ4v) is 2.84. The Balaban J connectivity index is 1.78. The van der Waals surface area contributed by atoms with E-state index in [1.54, 1.807) is 32.2 Å². The monoisotopic (exact) mass is 450 g/mol. The topological polar surface area (TPSA) is 87.5 Å². The molecule has 8 nitrogen and oxygen atoms in total. The number of carbonyl (C=O) groups is 1. The van der Waals surface area contributed by atoms with Crippen molar-refractivity contribution in [1.29, 1.82) is 0 Å². The van der Waals surface area contributed by atoms with E-state index in [9.17, 15) is 18.0 Å². The minimum Gasteiger partial charge on any atom is -0.493 e. The number of benzene rings is 1. The zero-order chi connectivity index (χ0) is 23.3. The van der Waals surface area contributed by atoms with E-state index in [0.717, 1.165) is 12.3 Å². The molecule has 0 saturated heterocycles. The number of carbonyl (C=O) groups excluding carboxylic acids is 1. The summed E-state index contributed by atoms with van der Waals surface area (Å²) in [6, 6.07) is 7.02. The molecule has 0 saturated carbocycles. The molecule has 0 aliphatic carbocycles. The Morgan fingerprint density at radius 1 is 1.09 bits per heavy atom. The SMILES string of the molecule is COCCOc1cc(NC(=O)c2cnn(-c3ccc(C(F)(F)F)cn3)c2C)ccc1OC. The number of pyridine rings is 1. The summed E-state index contributed by atoms with van der Waals surface area (Å²) in [6.45, 7) is 2.31. The highest BCUT2D eigenvalue weighted by Crippen LogP contribution is 2.31. The van der Waals surface area contributed by atoms with Crippen LogP contribution in [0, 0.1) is 6.92 Å². The number of anilines is 1. The van der Waals surface area contributed by atoms with E-state index in [-0.39, 0.29) is 11.4 Å². The number of nitrogens with one attached hydrogen (secondary N) is 1. The summed E-state index contributed by atoms with van der Waals surface area (Å²) in [5, 5.41) is 6.84. The highest BCUT2D eigenvalue weighted by molar-refractivity contribution is 6.05. The average molecular weight is 450 g/mol. The predicted octanol–water partition coefficient (Wildman–Crippen LogP) is 3.88. The van der Waals surface area contributed by atoms with Crippen LogP contribution >= 0.6 is 0 Å². The summed E-state index contributed by atoms with van der Waals surface area (Å²) in [6.07, 6.45) is -2.44. The number of alkyl halides is 3. The maximum atomic E-state index is 12.8. The van der Waals surface area contributed by atoms with E-state index in [4.69, 9.17) is 14.2 Å². The van der Waals surface area contributed by atoms with Gasteiger partial charge < -0.3 is 19.5 Å². The molecule has 0 atom stereocenters. The van der Waals surface area contributed by atoms with Crippen LogP contribution in [-0.4, -0.2) is 48.1 Å². The third-order valence-electron chi connectivity index (χ3n) is 4.51. The second kappa shape index (κ2) is 9.69. The van der Waals surface area contributed by atoms with Gasteiger partial charge in [-0.3, -0.25) is 4.79 Å². The number of methoxy groups -OCH3 is 2. The quantitative estimate of drug-likeness (QED) is 0.524. The number of hydrogen-bond donors (Lipinski definition) is 1. The summed E-state index contributed by atoms with van der Waals surface area (Å²) >= 11 is 0. The van der Waals surface area contributed by atoms with Gasteiger partial charge in [-0.15, -0.1) is 0 Å². The van der Waals surface area contributed by atoms with Crippen molar-refractivity contribution in [2.75, 3.05) is 32.8 Å². The van der Waals surface area contributed by atoms with Crippen molar-refractivity contribution >= 4 is 11.6 Å². The highest BCUT2D eigenvalue weighted by Gasteiger charge is 2.30. The van der Waals surface area contributed by atoms with Crippen LogP contribution in [0.1, 0.15) is 21.6 Å². The van der Waals surface area contributed by atoms with E-state index in [2.05, 4.69) is 15.4 Å². The van der Waals surface area contributed by atoms with Crippen LogP contribution in [0.4, 0.5) is 18.9 Å². The normalized spacial score (nSPS) is 11.3. The first-order chi connectivity index (χ1) is 15.2. The first-order valence-corrected chi connectivity index (χ1v) is 9.44. The van der Waals surface area contributed by atoms with Gasteiger partial charge >= 0.3 is 6.18 Å². The maximum absolute atomic E-state index is 12.8. The lowest BCUT2D eigenvalue weighted by Crippen LogP contribution is -2.14. The molecule has 3 rings (SSSR count). The fraction of sp³-hybridized carbons (Fsp3) is 0.286. The summed E-state index contributed by atoms with van der Waals surface area (Å²) in [4.78, 5) is 16.6. The lowest BCUT2D eigenvalue weighted by atomic mass is 10.2. The fourth-order valence-electron chi connectivity index (χ4n) is 2.84. The molecule has 0 aliphatic heterocycles. The minimum absolute atomic E-state index is 0.160. The van der Waals surface area contributed by atoms with Crippen molar-refractivity contribution < 1.29 is 32.2 Å². The number of hydrogen-bond acceptors (Lipinski definition) is 6. The number of aromatic nitrogens is 3. The maximum Gasteiger partial charge on any atom is 0.417 e. The van der Waals surface area contributed by atoms with E-state index in [0.29, 0.717) is 36.1 Å². The molecule has 1 N–H and O–H groups in total. The van der Waals surface area contributed by atoms with Crippen LogP contribution in [0.5, 0.6) is 11.5 Å². The van der Waals surface area contributed by atoms with Crippen molar-refractivity contribution in [3.63, 3.8) is 0 Å². The van der Waals surface area contributed by atoms with Crippen LogP contribution in [0.2, 0.25) is 0 Å². The van der Waals surface area contributed by atoms with Crippen molar-refractivity contribution in [3.05, 3.63) is 59.5 Å². The molecule has 2 heterocycles. The molecule has 2 aromatic heterocycles. The van der Waals surface area contributed by atoms with Crippen molar-refractivity contribution in [3.8, 4) is 17.3 Å². The molecule has 3 aromatic rings. The first kappa shape index (κ1) is 23.1. The van der Waals surface area contributed by atoms with Crippen LogP contribution in [-0.2, 0) is 10.9 Å². The molecule has 0 bridgehead atoms. The Hall–Kier alpha value is -3.60. The molecule has 170 valence electrons. The minimum atomic E-state index is -4.49. The lowest BCUT2D eigenvalue weighted by molar-refractivity contribution is -0.137. The first-order valence-electron chi connectivity index (χ1n) is 9.44. The van der Waals surface area contributed by atoms with Gasteiger partial charge in [-0.1, -0.05) is 0 Å². The second-order valence-corrected chi connectivity index (χ2v) is 6.62. The molecule has 0 fully saturated rings. The smallest absolute Gasteiger partial charge is 0.417 e. The Kier molecular flexibility index (Phi) is 6.98. The van der Waals surface area contributed by atoms with Crippen molar-refractivity contribution in [2.24, 2.45) is 0 Å². The Labute approximate surface area is 181 Å². The molecular weight excluding hydrogens is 429 g/mol. The highest BCUT2D eigenvalue weighted by atomic mass is 19.4. The standard InChI is InChI=1S/C21H21F3N4O4/c1-13-16(12-26-28(13)19-7-4-14(11-25-19)21(22,23)24)20(29)27-15-5-6-17(31-3)18(10-15)32-9-8-30-2/h4-7,10-12H,8-9H2,1-3H3,(H,27,29). The molecule has 0 spiro atoms. The van der Waals surface area contributed by atoms with E-state index >= 15 is 0 Å². The van der Waals surface area contributed by atoms with Crippen LogP contribution < -0.4 is 14.8 Å². The molecule has 32 heavy (non-hydrogen) atoms. The molecule has 1 aromatic carbocycles. The molecule has 0 radical (unpaired) electrons. The number of amides is 1. The predicted molar refractivity (Wildman–Crippen MR) is 109 cm³/mol. The van der Waals surface area contributed by atoms with E-state index in [1.807, 2.05) is 0 Å². The van der Waals surface area contributed by atoms with Crippen LogP contribution in [0.15, 0.2) is 42.7 Å². The average Bonchev–Trinajstić information content (AvgIpc) is 3.15. The van der Waals surface area contributed by atoms with Gasteiger partial charge in [0, 0.05) is 25.1 Å². The van der Waals surface area contributed by atoms with Gasteiger partial charge in [-0.05, 0) is 31.2 Å². The van der Waals surface area contributed by atoms with Crippen molar-refractivity contribution in [1.82, 2.24) is 14.8 Å². The number of ether oxygens (including phenoxy) is 3. The van der Waals surface area contributed by atoms with Crippen molar-refractivity contribution in [2.45, 2.75) is 13.1 Å². The molecule has 0 aliphatic rings. The third-order valence-corrected chi connectivity index (χ3v) is 4.51. The van der Waals surface area contributed by atoms with Gasteiger partial charge in [0.1, 0.15) is 6.61 Å². The molecule has 0 unspecified atom stereocenters. The van der Waals surface area contributed by atoms with E-state index in [1.165, 1.54) is 24.1 Å². The summed E-state index contributed by atoms with van der Waals surface area (Å²) in [7, 11) is 3.06. The zero-order valence-corrected chi connectivity index (χ0v) is 17.6. The van der Waals surface area contributed by atoms with Gasteiger partial charge in [0.15, 0.2) is 17.3 Å². The number of halogens is 3. The van der Waals surface area contributed by atoms with Crippen LogP contribution in [0.25, 0.3) is 5.82 Å². The number of rotatable bonds is 8. The lowest BCUT2D eigenvalue weighted by Gasteiger charge is -2.13. The Morgan fingerprint density at radius 3 is 2.50 bits per heavy atom. The second-order valence-electron chi connectivity index (χ2n) is 6.62.